The molecule has 2 aromatic rings. The molecule has 1 N–H and O–H groups in total. The van der Waals surface area contributed by atoms with E-state index < -0.39 is 0 Å². The summed E-state index contributed by atoms with van der Waals surface area (Å²) in [4.78, 5) is 35.0. The van der Waals surface area contributed by atoms with Crippen LogP contribution >= 0.6 is 0 Å². The number of amides is 2. The third kappa shape index (κ3) is 4.80. The number of methoxy groups -OCH3 is 1. The summed E-state index contributed by atoms with van der Waals surface area (Å²) in [5.41, 5.74) is 0.944. The van der Waals surface area contributed by atoms with Gasteiger partial charge >= 0.3 is 0 Å². The third-order valence-electron chi connectivity index (χ3n) is 5.95. The average Bonchev–Trinajstić information content (AvgIpc) is 3.22. The zero-order valence-electron chi connectivity index (χ0n) is 17.9. The summed E-state index contributed by atoms with van der Waals surface area (Å²) in [7, 11) is 1.59. The molecule has 2 heterocycles. The lowest BCUT2D eigenvalue weighted by atomic mass is 9.92. The maximum Gasteiger partial charge on any atom is 0.251 e. The van der Waals surface area contributed by atoms with Crippen LogP contribution in [0.25, 0.3) is 0 Å². The molecule has 1 unspecified atom stereocenters. The maximum absolute atomic E-state index is 12.8. The van der Waals surface area contributed by atoms with Crippen molar-refractivity contribution < 1.29 is 19.1 Å². The van der Waals surface area contributed by atoms with Gasteiger partial charge in [0.1, 0.15) is 17.9 Å². The van der Waals surface area contributed by atoms with E-state index in [1.165, 1.54) is 12.4 Å². The Morgan fingerprint density at radius 2 is 1.88 bits per heavy atom. The smallest absolute Gasteiger partial charge is 0.251 e. The first kappa shape index (κ1) is 21.6. The highest BCUT2D eigenvalue weighted by Crippen LogP contribution is 2.28. The number of hydrogen-bond acceptors (Lipinski definition) is 7. The first-order valence-electron chi connectivity index (χ1n) is 10.7. The maximum atomic E-state index is 12.8. The van der Waals surface area contributed by atoms with Crippen LogP contribution in [0.15, 0.2) is 36.7 Å². The molecule has 166 valence electrons. The monoisotopic (exact) mass is 435 g/mol. The van der Waals surface area contributed by atoms with Crippen molar-refractivity contribution in [1.82, 2.24) is 15.3 Å². The van der Waals surface area contributed by atoms with Crippen LogP contribution in [0.5, 0.6) is 11.6 Å². The van der Waals surface area contributed by atoms with E-state index in [-0.39, 0.29) is 47.9 Å². The van der Waals surface area contributed by atoms with Crippen LogP contribution < -0.4 is 19.7 Å². The number of rotatable bonds is 6. The van der Waals surface area contributed by atoms with Gasteiger partial charge in [0.2, 0.25) is 17.5 Å². The predicted molar refractivity (Wildman–Crippen MR) is 115 cm³/mol. The van der Waals surface area contributed by atoms with E-state index in [1.807, 2.05) is 18.2 Å². The molecule has 9 heteroatoms. The number of anilines is 1. The lowest BCUT2D eigenvalue weighted by Gasteiger charge is -2.29. The first-order valence-corrected chi connectivity index (χ1v) is 10.7. The molecule has 2 fully saturated rings. The van der Waals surface area contributed by atoms with Gasteiger partial charge in [-0.3, -0.25) is 9.59 Å². The van der Waals surface area contributed by atoms with Gasteiger partial charge in [-0.1, -0.05) is 0 Å². The summed E-state index contributed by atoms with van der Waals surface area (Å²) in [5, 5.41) is 12.2. The van der Waals surface area contributed by atoms with Crippen molar-refractivity contribution in [3.63, 3.8) is 0 Å². The molecule has 2 amide bonds. The van der Waals surface area contributed by atoms with E-state index in [0.717, 1.165) is 37.1 Å². The lowest BCUT2D eigenvalue weighted by molar-refractivity contribution is -0.127. The highest BCUT2D eigenvalue weighted by atomic mass is 16.5. The van der Waals surface area contributed by atoms with Crippen molar-refractivity contribution in [2.24, 2.45) is 5.92 Å². The van der Waals surface area contributed by atoms with Crippen molar-refractivity contribution in [3.8, 4) is 17.7 Å². The van der Waals surface area contributed by atoms with E-state index in [4.69, 9.17) is 14.7 Å². The quantitative estimate of drug-likeness (QED) is 0.739. The second kappa shape index (κ2) is 9.64. The summed E-state index contributed by atoms with van der Waals surface area (Å²) in [6.45, 7) is 0.374. The molecule has 0 bridgehead atoms. The highest BCUT2D eigenvalue weighted by Gasteiger charge is 2.36. The van der Waals surface area contributed by atoms with Gasteiger partial charge in [-0.15, -0.1) is 0 Å². The molecule has 1 saturated carbocycles. The Balaban J connectivity index is 1.27. The Kier molecular flexibility index (Phi) is 6.50. The van der Waals surface area contributed by atoms with Gasteiger partial charge in [0.05, 0.1) is 13.0 Å². The van der Waals surface area contributed by atoms with Gasteiger partial charge in [0.15, 0.2) is 0 Å². The Bertz CT molecular complexity index is 1010. The Morgan fingerprint density at radius 3 is 2.56 bits per heavy atom. The van der Waals surface area contributed by atoms with Gasteiger partial charge in [0, 0.05) is 37.1 Å². The fourth-order valence-electron chi connectivity index (χ4n) is 4.19. The second-order valence-corrected chi connectivity index (χ2v) is 8.03. The minimum absolute atomic E-state index is 0.0461. The van der Waals surface area contributed by atoms with E-state index >= 15 is 0 Å². The van der Waals surface area contributed by atoms with Crippen molar-refractivity contribution >= 4 is 17.5 Å². The normalized spacial score (nSPS) is 22.8. The van der Waals surface area contributed by atoms with Crippen LogP contribution in [0.3, 0.4) is 0 Å². The summed E-state index contributed by atoms with van der Waals surface area (Å²) in [6.07, 6.45) is 6.12. The molecule has 4 rings (SSSR count). The molecule has 2 aliphatic rings. The molecule has 32 heavy (non-hydrogen) atoms. The Hall–Kier alpha value is -3.67. The standard InChI is InChI=1S/C23H25N5O4/c1-31-18-8-4-17(5-9-18)28-14-15(12-21(28)29)22(30)27-16-2-6-19(7-3-16)32-23-20(13-24)25-10-11-26-23/h4-5,8-11,15-16,19H,2-3,6-7,12,14H2,1H3,(H,27,30). The van der Waals surface area contributed by atoms with E-state index in [0.29, 0.717) is 6.54 Å². The number of aromatic nitrogens is 2. The van der Waals surface area contributed by atoms with Crippen LogP contribution in [0.2, 0.25) is 0 Å². The second-order valence-electron chi connectivity index (χ2n) is 8.03. The van der Waals surface area contributed by atoms with Gasteiger partial charge < -0.3 is 19.7 Å². The molecule has 9 nitrogen and oxygen atoms in total. The number of carbonyl (C=O) groups excluding carboxylic acids is 2. The fourth-order valence-corrected chi connectivity index (χ4v) is 4.19. The molecule has 0 spiro atoms. The number of ether oxygens (including phenoxy) is 2. The molecule has 1 atom stereocenters. The molecule has 1 saturated heterocycles. The van der Waals surface area contributed by atoms with Crippen LogP contribution in [0.4, 0.5) is 5.69 Å². The SMILES string of the molecule is COc1ccc(N2CC(C(=O)NC3CCC(Oc4nccnc4C#N)CC3)CC2=O)cc1. The number of nitrogens with one attached hydrogen (secondary N) is 1. The number of nitriles is 1. The van der Waals surface area contributed by atoms with Gasteiger partial charge in [-0.05, 0) is 49.9 Å². The third-order valence-corrected chi connectivity index (χ3v) is 5.95. The van der Waals surface area contributed by atoms with Crippen molar-refractivity contribution in [1.29, 1.82) is 5.26 Å². The first-order chi connectivity index (χ1) is 15.6. The zero-order valence-corrected chi connectivity index (χ0v) is 17.9. The fraction of sp³-hybridized carbons (Fsp3) is 0.435. The largest absolute Gasteiger partial charge is 0.497 e. The minimum Gasteiger partial charge on any atom is -0.497 e. The van der Waals surface area contributed by atoms with Crippen LogP contribution in [-0.4, -0.2) is 47.6 Å². The predicted octanol–water partition coefficient (Wildman–Crippen LogP) is 2.22. The molecular weight excluding hydrogens is 410 g/mol. The highest BCUT2D eigenvalue weighted by molar-refractivity contribution is 6.00. The molecule has 1 aliphatic heterocycles. The average molecular weight is 435 g/mol. The van der Waals surface area contributed by atoms with E-state index in [1.54, 1.807) is 24.1 Å². The van der Waals surface area contributed by atoms with Gasteiger partial charge in [0.25, 0.3) is 5.88 Å². The van der Waals surface area contributed by atoms with Crippen molar-refractivity contribution in [2.75, 3.05) is 18.6 Å². The summed E-state index contributed by atoms with van der Waals surface area (Å²) in [5.74, 6) is 0.475. The van der Waals surface area contributed by atoms with Crippen LogP contribution in [-0.2, 0) is 9.59 Å². The van der Waals surface area contributed by atoms with Crippen LogP contribution in [0.1, 0.15) is 37.8 Å². The van der Waals surface area contributed by atoms with Gasteiger partial charge in [-0.25, -0.2) is 9.97 Å². The number of hydrogen-bond donors (Lipinski definition) is 1. The Morgan fingerprint density at radius 1 is 1.16 bits per heavy atom. The molecule has 0 radical (unpaired) electrons. The van der Waals surface area contributed by atoms with E-state index in [2.05, 4.69) is 15.3 Å². The van der Waals surface area contributed by atoms with Crippen molar-refractivity contribution in [3.05, 3.63) is 42.4 Å². The molecule has 1 aliphatic carbocycles. The van der Waals surface area contributed by atoms with Crippen LogP contribution in [0, 0.1) is 17.2 Å². The summed E-state index contributed by atoms with van der Waals surface area (Å²) in [6, 6.07) is 9.29. The minimum atomic E-state index is -0.364. The lowest BCUT2D eigenvalue weighted by Crippen LogP contribution is -2.43. The topological polar surface area (TPSA) is 117 Å². The number of benzene rings is 1. The van der Waals surface area contributed by atoms with Gasteiger partial charge in [-0.2, -0.15) is 5.26 Å². The molecule has 1 aromatic carbocycles. The molecule has 1 aromatic heterocycles. The molecular formula is C23H25N5O4. The Labute approximate surface area is 186 Å². The zero-order chi connectivity index (χ0) is 22.5. The summed E-state index contributed by atoms with van der Waals surface area (Å²) < 4.78 is 11.0. The number of carbonyl (C=O) groups is 2. The number of nitrogens with zero attached hydrogens (tertiary/aromatic N) is 4. The summed E-state index contributed by atoms with van der Waals surface area (Å²) >= 11 is 0. The van der Waals surface area contributed by atoms with Crippen molar-refractivity contribution in [2.45, 2.75) is 44.2 Å². The van der Waals surface area contributed by atoms with E-state index in [9.17, 15) is 9.59 Å².